The van der Waals surface area contributed by atoms with Gasteiger partial charge in [0.2, 0.25) is 10.0 Å². The van der Waals surface area contributed by atoms with Gasteiger partial charge in [-0.2, -0.15) is 0 Å². The van der Waals surface area contributed by atoms with Crippen LogP contribution in [0.5, 0.6) is 11.5 Å². The van der Waals surface area contributed by atoms with E-state index in [1.54, 1.807) is 24.3 Å². The predicted octanol–water partition coefficient (Wildman–Crippen LogP) is 3.70. The SMILES string of the molecule is O=C(NCCc1ccccc1)[C@@H]1CN(C(=O)COc2ccc(S(=O)(=O)NCc3ccccc3)cc2)c2ccccc2O1. The average molecular weight is 586 g/mol. The van der Waals surface area contributed by atoms with E-state index in [0.717, 1.165) is 11.1 Å². The second-order valence-electron chi connectivity index (χ2n) is 9.68. The molecule has 4 aromatic rings. The zero-order valence-electron chi connectivity index (χ0n) is 22.8. The Kier molecular flexibility index (Phi) is 9.15. The molecule has 42 heavy (non-hydrogen) atoms. The molecule has 0 spiro atoms. The van der Waals surface area contributed by atoms with Crippen LogP contribution in [0, 0.1) is 0 Å². The number of para-hydroxylation sites is 2. The van der Waals surface area contributed by atoms with Gasteiger partial charge in [-0.3, -0.25) is 9.59 Å². The van der Waals surface area contributed by atoms with Gasteiger partial charge in [0.1, 0.15) is 11.5 Å². The molecule has 0 aromatic heterocycles. The summed E-state index contributed by atoms with van der Waals surface area (Å²) < 4.78 is 39.5. The van der Waals surface area contributed by atoms with E-state index in [2.05, 4.69) is 10.0 Å². The van der Waals surface area contributed by atoms with Crippen molar-refractivity contribution in [3.63, 3.8) is 0 Å². The van der Waals surface area contributed by atoms with E-state index in [4.69, 9.17) is 9.47 Å². The largest absolute Gasteiger partial charge is 0.484 e. The second-order valence-corrected chi connectivity index (χ2v) is 11.4. The second kappa shape index (κ2) is 13.3. The number of hydrogen-bond donors (Lipinski definition) is 2. The van der Waals surface area contributed by atoms with Gasteiger partial charge in [-0.1, -0.05) is 72.8 Å². The molecule has 2 N–H and O–H groups in total. The molecule has 5 rings (SSSR count). The summed E-state index contributed by atoms with van der Waals surface area (Å²) in [5.41, 5.74) is 2.50. The van der Waals surface area contributed by atoms with Gasteiger partial charge in [-0.15, -0.1) is 0 Å². The Balaban J connectivity index is 1.17. The van der Waals surface area contributed by atoms with Crippen LogP contribution in [0.25, 0.3) is 0 Å². The Morgan fingerprint density at radius 2 is 1.48 bits per heavy atom. The molecule has 0 unspecified atom stereocenters. The number of benzene rings is 4. The van der Waals surface area contributed by atoms with E-state index in [1.807, 2.05) is 60.7 Å². The third-order valence-corrected chi connectivity index (χ3v) is 8.15. The fraction of sp³-hybridized carbons (Fsp3) is 0.188. The van der Waals surface area contributed by atoms with E-state index in [-0.39, 0.29) is 36.4 Å². The molecule has 1 aliphatic rings. The third kappa shape index (κ3) is 7.34. The smallest absolute Gasteiger partial charge is 0.265 e. The molecule has 1 aliphatic heterocycles. The summed E-state index contributed by atoms with van der Waals surface area (Å²) in [6.45, 7) is 0.327. The molecule has 0 saturated carbocycles. The van der Waals surface area contributed by atoms with E-state index in [0.29, 0.717) is 30.2 Å². The Morgan fingerprint density at radius 3 is 2.19 bits per heavy atom. The molecule has 10 heteroatoms. The molecule has 216 valence electrons. The van der Waals surface area contributed by atoms with Crippen LogP contribution in [0.2, 0.25) is 0 Å². The topological polar surface area (TPSA) is 114 Å². The molecule has 0 fully saturated rings. The summed E-state index contributed by atoms with van der Waals surface area (Å²) in [5, 5.41) is 2.90. The lowest BCUT2D eigenvalue weighted by Gasteiger charge is -2.34. The predicted molar refractivity (Wildman–Crippen MR) is 159 cm³/mol. The van der Waals surface area contributed by atoms with Crippen molar-refractivity contribution < 1.29 is 27.5 Å². The lowest BCUT2D eigenvalue weighted by atomic mass is 10.1. The maximum absolute atomic E-state index is 13.3. The first kappa shape index (κ1) is 28.8. The Morgan fingerprint density at radius 1 is 0.833 bits per heavy atom. The molecule has 0 aliphatic carbocycles. The highest BCUT2D eigenvalue weighted by Crippen LogP contribution is 2.33. The molecule has 1 heterocycles. The number of carbonyl (C=O) groups is 2. The van der Waals surface area contributed by atoms with Crippen molar-refractivity contribution in [3.8, 4) is 11.5 Å². The first-order valence-electron chi connectivity index (χ1n) is 13.5. The van der Waals surface area contributed by atoms with Gasteiger partial charge in [-0.25, -0.2) is 13.1 Å². The number of nitrogens with one attached hydrogen (secondary N) is 2. The minimum absolute atomic E-state index is 0.0284. The number of carbonyl (C=O) groups excluding carboxylic acids is 2. The van der Waals surface area contributed by atoms with Crippen LogP contribution in [-0.4, -0.2) is 46.0 Å². The molecule has 2 amide bonds. The number of anilines is 1. The minimum atomic E-state index is -3.73. The molecule has 9 nitrogen and oxygen atoms in total. The van der Waals surface area contributed by atoms with Gasteiger partial charge in [0.25, 0.3) is 11.8 Å². The monoisotopic (exact) mass is 585 g/mol. The summed E-state index contributed by atoms with van der Waals surface area (Å²) in [4.78, 5) is 27.7. The maximum Gasteiger partial charge on any atom is 0.265 e. The molecule has 1 atom stereocenters. The fourth-order valence-corrected chi connectivity index (χ4v) is 5.51. The van der Waals surface area contributed by atoms with Crippen molar-refractivity contribution >= 4 is 27.5 Å². The van der Waals surface area contributed by atoms with Crippen molar-refractivity contribution in [2.45, 2.75) is 24.0 Å². The third-order valence-electron chi connectivity index (χ3n) is 6.73. The first-order chi connectivity index (χ1) is 20.4. The van der Waals surface area contributed by atoms with Crippen LogP contribution < -0.4 is 24.4 Å². The highest BCUT2D eigenvalue weighted by molar-refractivity contribution is 7.89. The van der Waals surface area contributed by atoms with Crippen LogP contribution in [0.3, 0.4) is 0 Å². The van der Waals surface area contributed by atoms with Crippen molar-refractivity contribution in [1.82, 2.24) is 10.0 Å². The highest BCUT2D eigenvalue weighted by Gasteiger charge is 2.33. The zero-order chi connectivity index (χ0) is 29.4. The van der Waals surface area contributed by atoms with Crippen LogP contribution >= 0.6 is 0 Å². The van der Waals surface area contributed by atoms with E-state index < -0.39 is 16.1 Å². The molecule has 0 bridgehead atoms. The highest BCUT2D eigenvalue weighted by atomic mass is 32.2. The van der Waals surface area contributed by atoms with Gasteiger partial charge in [0.05, 0.1) is 17.1 Å². The summed E-state index contributed by atoms with van der Waals surface area (Å²) >= 11 is 0. The molecule has 4 aromatic carbocycles. The number of sulfonamides is 1. The zero-order valence-corrected chi connectivity index (χ0v) is 23.6. The Labute approximate surface area is 245 Å². The Bertz CT molecular complexity index is 1610. The fourth-order valence-electron chi connectivity index (χ4n) is 4.49. The summed E-state index contributed by atoms with van der Waals surface area (Å²) in [6, 6.07) is 31.9. The van der Waals surface area contributed by atoms with Crippen LogP contribution in [0.1, 0.15) is 11.1 Å². The van der Waals surface area contributed by atoms with Gasteiger partial charge in [-0.05, 0) is 53.9 Å². The normalized spacial score (nSPS) is 14.4. The summed E-state index contributed by atoms with van der Waals surface area (Å²) in [5.74, 6) is 0.0888. The Hall–Kier alpha value is -4.67. The van der Waals surface area contributed by atoms with Crippen molar-refractivity contribution in [2.75, 3.05) is 24.6 Å². The molecular weight excluding hydrogens is 554 g/mol. The van der Waals surface area contributed by atoms with E-state index in [9.17, 15) is 18.0 Å². The number of hydrogen-bond acceptors (Lipinski definition) is 6. The standard InChI is InChI=1S/C32H31N3O6S/c36-31(23-40-26-15-17-27(18-16-26)42(38,39)34-21-25-11-5-2-6-12-25)35-22-30(41-29-14-8-7-13-28(29)35)32(37)33-20-19-24-9-3-1-4-10-24/h1-18,30,34H,19-23H2,(H,33,37)/t30-/m0/s1. The molecule has 0 radical (unpaired) electrons. The number of ether oxygens (including phenoxy) is 2. The maximum atomic E-state index is 13.3. The number of fused-ring (bicyclic) bond motifs is 1. The van der Waals surface area contributed by atoms with Crippen LogP contribution in [0.15, 0.2) is 114 Å². The number of nitrogens with zero attached hydrogens (tertiary/aromatic N) is 1. The summed E-state index contributed by atoms with van der Waals surface area (Å²) in [6.07, 6.45) is -0.206. The number of rotatable bonds is 11. The van der Waals surface area contributed by atoms with Crippen LogP contribution in [0.4, 0.5) is 5.69 Å². The van der Waals surface area contributed by atoms with E-state index >= 15 is 0 Å². The average Bonchev–Trinajstić information content (AvgIpc) is 3.03. The number of amides is 2. The van der Waals surface area contributed by atoms with Crippen molar-refractivity contribution in [3.05, 3.63) is 120 Å². The van der Waals surface area contributed by atoms with Gasteiger partial charge >= 0.3 is 0 Å². The van der Waals surface area contributed by atoms with Gasteiger partial charge in [0, 0.05) is 13.1 Å². The lowest BCUT2D eigenvalue weighted by Crippen LogP contribution is -2.52. The summed E-state index contributed by atoms with van der Waals surface area (Å²) in [7, 11) is -3.73. The van der Waals surface area contributed by atoms with Gasteiger partial charge < -0.3 is 19.7 Å². The molecular formula is C32H31N3O6S. The van der Waals surface area contributed by atoms with Crippen molar-refractivity contribution in [2.24, 2.45) is 0 Å². The molecule has 0 saturated heterocycles. The lowest BCUT2D eigenvalue weighted by molar-refractivity contribution is -0.128. The first-order valence-corrected chi connectivity index (χ1v) is 15.0. The van der Waals surface area contributed by atoms with Gasteiger partial charge in [0.15, 0.2) is 12.7 Å². The minimum Gasteiger partial charge on any atom is -0.484 e. The van der Waals surface area contributed by atoms with Crippen molar-refractivity contribution in [1.29, 1.82) is 0 Å². The van der Waals surface area contributed by atoms with E-state index in [1.165, 1.54) is 29.2 Å². The quantitative estimate of drug-likeness (QED) is 0.278. The van der Waals surface area contributed by atoms with Crippen LogP contribution in [-0.2, 0) is 32.6 Å².